The number of aromatic nitrogens is 2. The summed E-state index contributed by atoms with van der Waals surface area (Å²) in [4.78, 5) is 11.0. The molecular weight excluding hydrogens is 275 g/mol. The van der Waals surface area contributed by atoms with E-state index in [0.29, 0.717) is 0 Å². The number of carboxylic acids is 1. The molecule has 0 amide bonds. The first-order chi connectivity index (χ1) is 9.21. The van der Waals surface area contributed by atoms with E-state index in [1.165, 1.54) is 19.2 Å². The quantitative estimate of drug-likeness (QED) is 0.887. The fourth-order valence-electron chi connectivity index (χ4n) is 1.85. The van der Waals surface area contributed by atoms with Crippen LogP contribution in [0, 0.1) is 0 Å². The first kappa shape index (κ1) is 13.9. The van der Waals surface area contributed by atoms with Gasteiger partial charge in [-0.2, -0.15) is 18.3 Å². The van der Waals surface area contributed by atoms with Crippen LogP contribution in [0.3, 0.4) is 0 Å². The van der Waals surface area contributed by atoms with Gasteiger partial charge in [-0.05, 0) is 12.1 Å². The maximum atomic E-state index is 12.6. The van der Waals surface area contributed by atoms with Gasteiger partial charge in [0.25, 0.3) is 0 Å². The number of nitrogens with two attached hydrogens (primary N) is 1. The van der Waals surface area contributed by atoms with Gasteiger partial charge in [0, 0.05) is 12.6 Å². The van der Waals surface area contributed by atoms with E-state index in [1.807, 2.05) is 0 Å². The summed E-state index contributed by atoms with van der Waals surface area (Å²) >= 11 is 0. The lowest BCUT2D eigenvalue weighted by atomic mass is 10.1. The molecule has 0 unspecified atom stereocenters. The average molecular weight is 285 g/mol. The molecule has 0 aliphatic rings. The minimum Gasteiger partial charge on any atom is -0.476 e. The lowest BCUT2D eigenvalue weighted by Gasteiger charge is -2.07. The van der Waals surface area contributed by atoms with Gasteiger partial charge in [-0.1, -0.05) is 12.1 Å². The minimum atomic E-state index is -4.49. The molecule has 2 rings (SSSR count). The monoisotopic (exact) mass is 285 g/mol. The highest BCUT2D eigenvalue weighted by Crippen LogP contribution is 2.34. The van der Waals surface area contributed by atoms with Gasteiger partial charge in [0.2, 0.25) is 0 Å². The molecule has 1 aromatic heterocycles. The van der Waals surface area contributed by atoms with E-state index < -0.39 is 17.7 Å². The van der Waals surface area contributed by atoms with Crippen molar-refractivity contribution in [2.45, 2.75) is 6.18 Å². The number of hydrogen-bond donors (Lipinski definition) is 2. The normalized spacial score (nSPS) is 11.6. The third kappa shape index (κ3) is 2.31. The van der Waals surface area contributed by atoms with E-state index in [-0.39, 0.29) is 22.6 Å². The van der Waals surface area contributed by atoms with Crippen LogP contribution in [0.2, 0.25) is 0 Å². The van der Waals surface area contributed by atoms with Gasteiger partial charge in [0.1, 0.15) is 5.69 Å². The summed E-state index contributed by atoms with van der Waals surface area (Å²) in [5, 5.41) is 12.8. The highest BCUT2D eigenvalue weighted by molar-refractivity contribution is 5.96. The Morgan fingerprint density at radius 1 is 1.40 bits per heavy atom. The maximum absolute atomic E-state index is 12.6. The highest BCUT2D eigenvalue weighted by atomic mass is 19.4. The highest BCUT2D eigenvalue weighted by Gasteiger charge is 2.31. The molecule has 0 saturated carbocycles. The predicted octanol–water partition coefficient (Wildman–Crippen LogP) is 2.39. The van der Waals surface area contributed by atoms with Crippen molar-refractivity contribution in [3.63, 3.8) is 0 Å². The molecule has 2 aromatic rings. The van der Waals surface area contributed by atoms with Gasteiger partial charge in [-0.25, -0.2) is 4.79 Å². The van der Waals surface area contributed by atoms with Crippen LogP contribution in [-0.2, 0) is 13.2 Å². The summed E-state index contributed by atoms with van der Waals surface area (Å²) in [7, 11) is 1.36. The van der Waals surface area contributed by atoms with Gasteiger partial charge < -0.3 is 10.8 Å². The van der Waals surface area contributed by atoms with Gasteiger partial charge in [-0.3, -0.25) is 4.68 Å². The Labute approximate surface area is 111 Å². The Bertz CT molecular complexity index is 677. The first-order valence-corrected chi connectivity index (χ1v) is 5.45. The number of benzene rings is 1. The number of hydrogen-bond acceptors (Lipinski definition) is 3. The largest absolute Gasteiger partial charge is 0.476 e. The molecule has 0 spiro atoms. The van der Waals surface area contributed by atoms with Crippen LogP contribution in [0.25, 0.3) is 11.3 Å². The SMILES string of the molecule is Cn1nc(-c2cccc(C(F)(F)F)c2)c(N)c1C(=O)O. The number of aryl methyl sites for hydroxylation is 1. The zero-order valence-corrected chi connectivity index (χ0v) is 10.3. The molecule has 0 aliphatic heterocycles. The van der Waals surface area contributed by atoms with Crippen LogP contribution in [0.1, 0.15) is 16.1 Å². The summed E-state index contributed by atoms with van der Waals surface area (Å²) < 4.78 is 39.0. The van der Waals surface area contributed by atoms with Crippen molar-refractivity contribution in [1.82, 2.24) is 9.78 Å². The number of nitrogens with zero attached hydrogens (tertiary/aromatic N) is 2. The van der Waals surface area contributed by atoms with Gasteiger partial charge in [0.15, 0.2) is 5.69 Å². The fourth-order valence-corrected chi connectivity index (χ4v) is 1.85. The van der Waals surface area contributed by atoms with E-state index >= 15 is 0 Å². The third-order valence-electron chi connectivity index (χ3n) is 2.75. The summed E-state index contributed by atoms with van der Waals surface area (Å²) in [6, 6.07) is 4.40. The lowest BCUT2D eigenvalue weighted by Crippen LogP contribution is -2.07. The zero-order valence-electron chi connectivity index (χ0n) is 10.3. The Morgan fingerprint density at radius 3 is 2.55 bits per heavy atom. The molecule has 5 nitrogen and oxygen atoms in total. The maximum Gasteiger partial charge on any atom is 0.416 e. The standard InChI is InChI=1S/C12H10F3N3O2/c1-18-10(11(19)20)8(16)9(17-18)6-3-2-4-7(5-6)12(13,14)15/h2-5H,16H2,1H3,(H,19,20). The molecule has 0 bridgehead atoms. The van der Waals surface area contributed by atoms with Crippen molar-refractivity contribution in [2.24, 2.45) is 7.05 Å². The molecule has 3 N–H and O–H groups in total. The number of aromatic carboxylic acids is 1. The second kappa shape index (κ2) is 4.55. The van der Waals surface area contributed by atoms with Crippen LogP contribution >= 0.6 is 0 Å². The van der Waals surface area contributed by atoms with Crippen molar-refractivity contribution in [3.8, 4) is 11.3 Å². The van der Waals surface area contributed by atoms with E-state index in [4.69, 9.17) is 10.8 Å². The summed E-state index contributed by atoms with van der Waals surface area (Å²) in [6.07, 6.45) is -4.49. The van der Waals surface area contributed by atoms with Crippen LogP contribution in [0.4, 0.5) is 18.9 Å². The van der Waals surface area contributed by atoms with Crippen molar-refractivity contribution in [3.05, 3.63) is 35.5 Å². The smallest absolute Gasteiger partial charge is 0.416 e. The van der Waals surface area contributed by atoms with Crippen LogP contribution in [0.15, 0.2) is 24.3 Å². The first-order valence-electron chi connectivity index (χ1n) is 5.45. The molecule has 1 heterocycles. The van der Waals surface area contributed by atoms with E-state index in [2.05, 4.69) is 5.10 Å². The van der Waals surface area contributed by atoms with E-state index in [0.717, 1.165) is 16.8 Å². The molecule has 0 fully saturated rings. The van der Waals surface area contributed by atoms with Gasteiger partial charge >= 0.3 is 12.1 Å². The number of rotatable bonds is 2. The van der Waals surface area contributed by atoms with Crippen molar-refractivity contribution in [1.29, 1.82) is 0 Å². The topological polar surface area (TPSA) is 81.1 Å². The number of anilines is 1. The minimum absolute atomic E-state index is 0.0102. The molecule has 0 saturated heterocycles. The van der Waals surface area contributed by atoms with Gasteiger partial charge in [-0.15, -0.1) is 0 Å². The summed E-state index contributed by atoms with van der Waals surface area (Å²) in [5.74, 6) is -1.30. The zero-order chi connectivity index (χ0) is 15.1. The molecule has 106 valence electrons. The molecular formula is C12H10F3N3O2. The Kier molecular flexibility index (Phi) is 3.16. The summed E-state index contributed by atoms with van der Waals surface area (Å²) in [6.45, 7) is 0. The average Bonchev–Trinajstić information content (AvgIpc) is 2.64. The number of halogens is 3. The Balaban J connectivity index is 2.58. The van der Waals surface area contributed by atoms with Crippen molar-refractivity contribution in [2.75, 3.05) is 5.73 Å². The number of nitrogen functional groups attached to an aromatic ring is 1. The third-order valence-corrected chi connectivity index (χ3v) is 2.75. The summed E-state index contributed by atoms with van der Waals surface area (Å²) in [5.41, 5.74) is 4.49. The predicted molar refractivity (Wildman–Crippen MR) is 65.0 cm³/mol. The van der Waals surface area contributed by atoms with Crippen LogP contribution < -0.4 is 5.73 Å². The Hall–Kier alpha value is -2.51. The molecule has 0 aliphatic carbocycles. The number of carboxylic acid groups (broad SMARTS) is 1. The Morgan fingerprint density at radius 2 is 2.05 bits per heavy atom. The fraction of sp³-hybridized carbons (Fsp3) is 0.167. The second-order valence-electron chi connectivity index (χ2n) is 4.12. The molecule has 20 heavy (non-hydrogen) atoms. The van der Waals surface area contributed by atoms with Crippen molar-refractivity contribution < 1.29 is 23.1 Å². The van der Waals surface area contributed by atoms with E-state index in [1.54, 1.807) is 0 Å². The molecule has 8 heteroatoms. The number of carbonyl (C=O) groups is 1. The second-order valence-corrected chi connectivity index (χ2v) is 4.12. The molecule has 0 radical (unpaired) electrons. The van der Waals surface area contributed by atoms with Gasteiger partial charge in [0.05, 0.1) is 11.3 Å². The lowest BCUT2D eigenvalue weighted by molar-refractivity contribution is -0.137. The molecule has 1 aromatic carbocycles. The van der Waals surface area contributed by atoms with Crippen LogP contribution in [0.5, 0.6) is 0 Å². The number of alkyl halides is 3. The van der Waals surface area contributed by atoms with Crippen molar-refractivity contribution >= 4 is 11.7 Å². The van der Waals surface area contributed by atoms with E-state index in [9.17, 15) is 18.0 Å². The molecule has 0 atom stereocenters. The van der Waals surface area contributed by atoms with Crippen LogP contribution in [-0.4, -0.2) is 20.9 Å².